The van der Waals surface area contributed by atoms with Crippen LogP contribution < -0.4 is 0 Å². The molecule has 0 fully saturated rings. The van der Waals surface area contributed by atoms with Gasteiger partial charge in [0.1, 0.15) is 5.76 Å². The molecule has 2 nitrogen and oxygen atoms in total. The summed E-state index contributed by atoms with van der Waals surface area (Å²) in [6, 6.07) is 8.14. The summed E-state index contributed by atoms with van der Waals surface area (Å²) >= 11 is 0. The van der Waals surface area contributed by atoms with Gasteiger partial charge in [0.05, 0.1) is 0 Å². The Morgan fingerprint density at radius 3 is 2.56 bits per heavy atom. The minimum atomic E-state index is -0.286. The van der Waals surface area contributed by atoms with Gasteiger partial charge in [0.25, 0.3) is 0 Å². The van der Waals surface area contributed by atoms with Crippen molar-refractivity contribution >= 4 is 12.0 Å². The second-order valence-corrected chi connectivity index (χ2v) is 4.32. The van der Waals surface area contributed by atoms with Crippen LogP contribution in [0.15, 0.2) is 35.8 Å². The quantitative estimate of drug-likeness (QED) is 0.440. The Labute approximate surface area is 109 Å². The van der Waals surface area contributed by atoms with Crippen LogP contribution >= 0.6 is 0 Å². The molecule has 0 aromatic heterocycles. The Hall–Kier alpha value is -1.79. The highest BCUT2D eigenvalue weighted by Gasteiger charge is 2.00. The van der Waals surface area contributed by atoms with E-state index in [1.807, 2.05) is 30.3 Å². The van der Waals surface area contributed by atoms with Gasteiger partial charge in [-0.2, -0.15) is 0 Å². The number of benzene rings is 1. The maximum absolute atomic E-state index is 11.0. The van der Waals surface area contributed by atoms with Crippen molar-refractivity contribution in [2.75, 3.05) is 0 Å². The first kappa shape index (κ1) is 14.3. The molecular weight excluding hydrogens is 224 g/mol. The van der Waals surface area contributed by atoms with Gasteiger partial charge < -0.3 is 4.74 Å². The van der Waals surface area contributed by atoms with Gasteiger partial charge >= 0.3 is 5.97 Å². The predicted octanol–water partition coefficient (Wildman–Crippen LogP) is 4.24. The minimum absolute atomic E-state index is 0.286. The number of carbonyl (C=O) groups is 1. The number of aryl methyl sites for hydroxylation is 1. The van der Waals surface area contributed by atoms with E-state index in [4.69, 9.17) is 4.74 Å². The molecule has 0 heterocycles. The van der Waals surface area contributed by atoms with Gasteiger partial charge in [-0.15, -0.1) is 0 Å². The van der Waals surface area contributed by atoms with Crippen LogP contribution in [-0.4, -0.2) is 5.97 Å². The minimum Gasteiger partial charge on any atom is -0.423 e. The van der Waals surface area contributed by atoms with E-state index in [1.54, 1.807) is 0 Å². The van der Waals surface area contributed by atoms with Crippen LogP contribution in [0, 0.1) is 6.92 Å². The van der Waals surface area contributed by atoms with Gasteiger partial charge in [0.15, 0.2) is 0 Å². The van der Waals surface area contributed by atoms with E-state index in [-0.39, 0.29) is 5.97 Å². The van der Waals surface area contributed by atoms with Crippen LogP contribution in [0.4, 0.5) is 0 Å². The number of hydrogen-bond donors (Lipinski definition) is 0. The molecule has 2 heteroatoms. The van der Waals surface area contributed by atoms with Gasteiger partial charge in [-0.05, 0) is 25.0 Å². The lowest BCUT2D eigenvalue weighted by atomic mass is 10.1. The summed E-state index contributed by atoms with van der Waals surface area (Å²) in [5.41, 5.74) is 5.35. The highest BCUT2D eigenvalue weighted by atomic mass is 16.5. The van der Waals surface area contributed by atoms with Crippen molar-refractivity contribution in [2.45, 2.75) is 40.0 Å². The topological polar surface area (TPSA) is 26.3 Å². The number of unbranched alkanes of at least 4 members (excludes halogenated alkanes) is 1. The molecule has 0 amide bonds. The van der Waals surface area contributed by atoms with Crippen LogP contribution in [0.5, 0.6) is 0 Å². The molecule has 0 spiro atoms. The third-order valence-corrected chi connectivity index (χ3v) is 2.50. The molecule has 0 N–H and O–H groups in total. The lowest BCUT2D eigenvalue weighted by Gasteiger charge is -2.02. The normalized spacial score (nSPS) is 9.50. The van der Waals surface area contributed by atoms with E-state index >= 15 is 0 Å². The second-order valence-electron chi connectivity index (χ2n) is 4.32. The molecule has 0 aliphatic heterocycles. The predicted molar refractivity (Wildman–Crippen MR) is 74.0 cm³/mol. The van der Waals surface area contributed by atoms with Gasteiger partial charge in [-0.3, -0.25) is 4.79 Å². The van der Waals surface area contributed by atoms with Crippen molar-refractivity contribution in [1.82, 2.24) is 0 Å². The molecule has 1 aromatic carbocycles. The number of esters is 1. The largest absolute Gasteiger partial charge is 0.423 e. The monoisotopic (exact) mass is 244 g/mol. The van der Waals surface area contributed by atoms with Crippen molar-refractivity contribution in [2.24, 2.45) is 0 Å². The Morgan fingerprint density at radius 1 is 1.33 bits per heavy atom. The average molecular weight is 244 g/mol. The maximum Gasteiger partial charge on any atom is 0.308 e. The highest BCUT2D eigenvalue weighted by Crippen LogP contribution is 2.10. The first-order chi connectivity index (χ1) is 8.61. The number of hydrogen-bond acceptors (Lipinski definition) is 2. The van der Waals surface area contributed by atoms with Gasteiger partial charge in [-0.25, -0.2) is 0 Å². The smallest absolute Gasteiger partial charge is 0.308 e. The van der Waals surface area contributed by atoms with E-state index in [0.717, 1.165) is 24.8 Å². The van der Waals surface area contributed by atoms with E-state index in [2.05, 4.69) is 19.6 Å². The number of ether oxygens (including phenoxy) is 1. The molecule has 1 aromatic rings. The van der Waals surface area contributed by atoms with E-state index in [1.165, 1.54) is 12.5 Å². The van der Waals surface area contributed by atoms with E-state index in [0.29, 0.717) is 5.76 Å². The molecule has 0 aliphatic rings. The Kier molecular flexibility index (Phi) is 5.96. The summed E-state index contributed by atoms with van der Waals surface area (Å²) in [6.45, 7) is 5.57. The highest BCUT2D eigenvalue weighted by molar-refractivity contribution is 5.67. The van der Waals surface area contributed by atoms with E-state index < -0.39 is 0 Å². The van der Waals surface area contributed by atoms with Crippen LogP contribution in [0.1, 0.15) is 44.2 Å². The third kappa shape index (κ3) is 5.51. The first-order valence-corrected chi connectivity index (χ1v) is 6.32. The lowest BCUT2D eigenvalue weighted by molar-refractivity contribution is -0.137. The molecule has 0 aliphatic carbocycles. The molecule has 0 unspecified atom stereocenters. The summed E-state index contributed by atoms with van der Waals surface area (Å²) in [7, 11) is 0. The van der Waals surface area contributed by atoms with Crippen molar-refractivity contribution in [3.8, 4) is 0 Å². The van der Waals surface area contributed by atoms with Gasteiger partial charge in [-0.1, -0.05) is 48.9 Å². The molecule has 96 valence electrons. The fraction of sp³-hybridized carbons (Fsp3) is 0.375. The van der Waals surface area contributed by atoms with Crippen molar-refractivity contribution in [3.05, 3.63) is 46.9 Å². The standard InChI is InChI=1S/C16H20O2/c1-4-5-6-16(18-14(3)17)12-11-15-9-7-13(2)8-10-15/h7-11H,4-6H2,1-3H3. The summed E-state index contributed by atoms with van der Waals surface area (Å²) in [5.74, 6) is 0.329. The average Bonchev–Trinajstić information content (AvgIpc) is 2.34. The summed E-state index contributed by atoms with van der Waals surface area (Å²) < 4.78 is 5.13. The molecule has 0 bridgehead atoms. The van der Waals surface area contributed by atoms with Gasteiger partial charge in [0, 0.05) is 13.3 Å². The van der Waals surface area contributed by atoms with Crippen molar-refractivity contribution in [3.63, 3.8) is 0 Å². The van der Waals surface area contributed by atoms with Crippen molar-refractivity contribution in [1.29, 1.82) is 0 Å². The molecule has 18 heavy (non-hydrogen) atoms. The van der Waals surface area contributed by atoms with Crippen LogP contribution in [0.25, 0.3) is 6.08 Å². The molecular formula is C16H20O2. The summed E-state index contributed by atoms with van der Waals surface area (Å²) in [5, 5.41) is 0. The van der Waals surface area contributed by atoms with Gasteiger partial charge in [0.2, 0.25) is 0 Å². The second kappa shape index (κ2) is 7.52. The molecule has 0 saturated heterocycles. The fourth-order valence-corrected chi connectivity index (χ4v) is 1.49. The third-order valence-electron chi connectivity index (χ3n) is 2.50. The lowest BCUT2D eigenvalue weighted by Crippen LogP contribution is -1.97. The zero-order valence-corrected chi connectivity index (χ0v) is 11.3. The van der Waals surface area contributed by atoms with Crippen LogP contribution in [-0.2, 0) is 9.53 Å². The Morgan fingerprint density at radius 2 is 2.00 bits per heavy atom. The molecule has 0 radical (unpaired) electrons. The number of rotatable bonds is 5. The first-order valence-electron chi connectivity index (χ1n) is 6.32. The number of allylic oxidation sites excluding steroid dienone is 1. The van der Waals surface area contributed by atoms with E-state index in [9.17, 15) is 4.79 Å². The zero-order valence-electron chi connectivity index (χ0n) is 11.3. The Bertz CT molecular complexity index is 448. The SMILES string of the molecule is CCCCC(=C=Cc1ccc(C)cc1)OC(C)=O. The van der Waals surface area contributed by atoms with Crippen molar-refractivity contribution < 1.29 is 9.53 Å². The molecule has 1 rings (SSSR count). The zero-order chi connectivity index (χ0) is 13.4. The van der Waals surface area contributed by atoms with Crippen LogP contribution in [0.2, 0.25) is 0 Å². The number of carbonyl (C=O) groups excluding carboxylic acids is 1. The Balaban J connectivity index is 2.84. The summed E-state index contributed by atoms with van der Waals surface area (Å²) in [4.78, 5) is 11.0. The molecule has 0 atom stereocenters. The maximum atomic E-state index is 11.0. The molecule has 0 saturated carbocycles. The fourth-order valence-electron chi connectivity index (χ4n) is 1.49. The summed E-state index contributed by atoms with van der Waals surface area (Å²) in [6.07, 6.45) is 4.67. The van der Waals surface area contributed by atoms with Crippen LogP contribution in [0.3, 0.4) is 0 Å².